The molecular formula is C25H34N2O4. The summed E-state index contributed by atoms with van der Waals surface area (Å²) in [7, 11) is 3.37. The fourth-order valence-corrected chi connectivity index (χ4v) is 3.00. The van der Waals surface area contributed by atoms with Gasteiger partial charge in [0.2, 0.25) is 0 Å². The predicted octanol–water partition coefficient (Wildman–Crippen LogP) is 4.10. The van der Waals surface area contributed by atoms with E-state index in [9.17, 15) is 9.59 Å². The molecular weight excluding hydrogens is 392 g/mol. The summed E-state index contributed by atoms with van der Waals surface area (Å²) in [5.41, 5.74) is 2.11. The third-order valence-corrected chi connectivity index (χ3v) is 4.98. The number of nitrogens with one attached hydrogen (secondary N) is 1. The molecule has 0 radical (unpaired) electrons. The van der Waals surface area contributed by atoms with E-state index in [0.717, 1.165) is 5.56 Å². The van der Waals surface area contributed by atoms with E-state index in [1.807, 2.05) is 49.4 Å². The van der Waals surface area contributed by atoms with Crippen molar-refractivity contribution in [3.05, 3.63) is 59.7 Å². The number of hydrogen-bond acceptors (Lipinski definition) is 4. The molecule has 2 amide bonds. The molecule has 0 aliphatic rings. The van der Waals surface area contributed by atoms with Crippen LogP contribution in [0.3, 0.4) is 0 Å². The summed E-state index contributed by atoms with van der Waals surface area (Å²) in [6.45, 7) is 8.31. The van der Waals surface area contributed by atoms with Crippen molar-refractivity contribution in [2.45, 2.75) is 45.6 Å². The monoisotopic (exact) mass is 426 g/mol. The Kier molecular flexibility index (Phi) is 8.48. The maximum absolute atomic E-state index is 12.5. The van der Waals surface area contributed by atoms with E-state index in [1.165, 1.54) is 10.5 Å². The summed E-state index contributed by atoms with van der Waals surface area (Å²) in [4.78, 5) is 25.8. The minimum atomic E-state index is -0.245. The van der Waals surface area contributed by atoms with Crippen molar-refractivity contribution in [2.75, 3.05) is 27.3 Å². The SMILES string of the molecule is CCC(NC(=O)COc1ccc(C(C)(C)C)cc1)c1ccccc1OCC(=O)N(C)C. The number of amides is 2. The number of hydrogen-bond donors (Lipinski definition) is 1. The van der Waals surface area contributed by atoms with Crippen molar-refractivity contribution in [3.8, 4) is 11.5 Å². The molecule has 0 heterocycles. The van der Waals surface area contributed by atoms with Crippen LogP contribution in [0.1, 0.15) is 51.3 Å². The van der Waals surface area contributed by atoms with E-state index >= 15 is 0 Å². The zero-order valence-electron chi connectivity index (χ0n) is 19.4. The fraction of sp³-hybridized carbons (Fsp3) is 0.440. The standard InChI is InChI=1S/C25H34N2O4/c1-7-21(20-10-8-9-11-22(20)31-17-24(29)27(5)6)26-23(28)16-30-19-14-12-18(13-15-19)25(2,3)4/h8-15,21H,7,16-17H2,1-6H3,(H,26,28). The Hall–Kier alpha value is -3.02. The van der Waals surface area contributed by atoms with Gasteiger partial charge in [0.15, 0.2) is 13.2 Å². The second kappa shape index (κ2) is 10.8. The van der Waals surface area contributed by atoms with Gasteiger partial charge >= 0.3 is 0 Å². The summed E-state index contributed by atoms with van der Waals surface area (Å²) in [5, 5.41) is 3.00. The highest BCUT2D eigenvalue weighted by molar-refractivity contribution is 5.78. The molecule has 0 saturated carbocycles. The highest BCUT2D eigenvalue weighted by Gasteiger charge is 2.18. The third-order valence-electron chi connectivity index (χ3n) is 4.98. The molecule has 31 heavy (non-hydrogen) atoms. The molecule has 0 spiro atoms. The Morgan fingerprint density at radius 1 is 0.968 bits per heavy atom. The zero-order chi connectivity index (χ0) is 23.0. The Morgan fingerprint density at radius 3 is 2.19 bits per heavy atom. The smallest absolute Gasteiger partial charge is 0.259 e. The second-order valence-corrected chi connectivity index (χ2v) is 8.71. The lowest BCUT2D eigenvalue weighted by atomic mass is 9.87. The first-order valence-electron chi connectivity index (χ1n) is 10.6. The van der Waals surface area contributed by atoms with Crippen molar-refractivity contribution < 1.29 is 19.1 Å². The highest BCUT2D eigenvalue weighted by atomic mass is 16.5. The van der Waals surface area contributed by atoms with Crippen LogP contribution in [0.25, 0.3) is 0 Å². The predicted molar refractivity (Wildman–Crippen MR) is 122 cm³/mol. The number of para-hydroxylation sites is 1. The van der Waals surface area contributed by atoms with Crippen molar-refractivity contribution >= 4 is 11.8 Å². The van der Waals surface area contributed by atoms with E-state index in [2.05, 4.69) is 26.1 Å². The topological polar surface area (TPSA) is 67.9 Å². The molecule has 1 atom stereocenters. The molecule has 0 aliphatic heterocycles. The molecule has 2 aromatic rings. The van der Waals surface area contributed by atoms with Crippen LogP contribution in [0.5, 0.6) is 11.5 Å². The van der Waals surface area contributed by atoms with Gasteiger partial charge in [0, 0.05) is 19.7 Å². The maximum atomic E-state index is 12.5. The van der Waals surface area contributed by atoms with Crippen molar-refractivity contribution in [1.82, 2.24) is 10.2 Å². The number of benzene rings is 2. The normalized spacial score (nSPS) is 12.1. The molecule has 0 aliphatic carbocycles. The van der Waals surface area contributed by atoms with Gasteiger partial charge < -0.3 is 19.7 Å². The van der Waals surface area contributed by atoms with Gasteiger partial charge in [-0.2, -0.15) is 0 Å². The summed E-state index contributed by atoms with van der Waals surface area (Å²) in [5.74, 6) is 0.898. The first-order valence-corrected chi connectivity index (χ1v) is 10.6. The average molecular weight is 427 g/mol. The summed E-state index contributed by atoms with van der Waals surface area (Å²) >= 11 is 0. The van der Waals surface area contributed by atoms with Crippen LogP contribution in [0, 0.1) is 0 Å². The Balaban J connectivity index is 1.98. The van der Waals surface area contributed by atoms with Crippen LogP contribution in [0.2, 0.25) is 0 Å². The number of carbonyl (C=O) groups excluding carboxylic acids is 2. The number of carbonyl (C=O) groups is 2. The van der Waals surface area contributed by atoms with E-state index in [1.54, 1.807) is 20.2 Å². The molecule has 2 aromatic carbocycles. The third kappa shape index (κ3) is 7.31. The summed E-state index contributed by atoms with van der Waals surface area (Å²) in [6, 6.07) is 15.0. The molecule has 168 valence electrons. The number of nitrogens with zero attached hydrogens (tertiary/aromatic N) is 1. The molecule has 0 saturated heterocycles. The molecule has 1 N–H and O–H groups in total. The fourth-order valence-electron chi connectivity index (χ4n) is 3.00. The molecule has 6 heteroatoms. The van der Waals surface area contributed by atoms with E-state index in [-0.39, 0.29) is 36.5 Å². The lowest BCUT2D eigenvalue weighted by Crippen LogP contribution is -2.33. The van der Waals surface area contributed by atoms with Crippen LogP contribution in [-0.4, -0.2) is 44.0 Å². The minimum Gasteiger partial charge on any atom is -0.484 e. The van der Waals surface area contributed by atoms with Crippen LogP contribution in [-0.2, 0) is 15.0 Å². The molecule has 2 rings (SSSR count). The lowest BCUT2D eigenvalue weighted by Gasteiger charge is -2.21. The van der Waals surface area contributed by atoms with Gasteiger partial charge in [0.1, 0.15) is 11.5 Å². The van der Waals surface area contributed by atoms with E-state index < -0.39 is 0 Å². The van der Waals surface area contributed by atoms with Gasteiger partial charge in [0.25, 0.3) is 11.8 Å². The number of ether oxygens (including phenoxy) is 2. The van der Waals surface area contributed by atoms with E-state index in [4.69, 9.17) is 9.47 Å². The molecule has 0 fully saturated rings. The van der Waals surface area contributed by atoms with Crippen molar-refractivity contribution in [2.24, 2.45) is 0 Å². The van der Waals surface area contributed by atoms with Gasteiger partial charge in [-0.3, -0.25) is 9.59 Å². The van der Waals surface area contributed by atoms with Crippen molar-refractivity contribution in [1.29, 1.82) is 0 Å². The molecule has 6 nitrogen and oxygen atoms in total. The van der Waals surface area contributed by atoms with Crippen LogP contribution < -0.4 is 14.8 Å². The summed E-state index contributed by atoms with van der Waals surface area (Å²) < 4.78 is 11.4. The quantitative estimate of drug-likeness (QED) is 0.656. The average Bonchev–Trinajstić information content (AvgIpc) is 2.74. The van der Waals surface area contributed by atoms with Crippen LogP contribution in [0.15, 0.2) is 48.5 Å². The molecule has 0 aromatic heterocycles. The van der Waals surface area contributed by atoms with E-state index in [0.29, 0.717) is 17.9 Å². The lowest BCUT2D eigenvalue weighted by molar-refractivity contribution is -0.130. The second-order valence-electron chi connectivity index (χ2n) is 8.71. The Labute approximate surface area is 185 Å². The molecule has 1 unspecified atom stereocenters. The van der Waals surface area contributed by atoms with Crippen LogP contribution >= 0.6 is 0 Å². The minimum absolute atomic E-state index is 0.0535. The number of likely N-dealkylation sites (N-methyl/N-ethyl adjacent to an activating group) is 1. The van der Waals surface area contributed by atoms with Gasteiger partial charge in [-0.15, -0.1) is 0 Å². The first kappa shape index (κ1) is 24.3. The van der Waals surface area contributed by atoms with Gasteiger partial charge in [0.05, 0.1) is 6.04 Å². The van der Waals surface area contributed by atoms with Crippen molar-refractivity contribution in [3.63, 3.8) is 0 Å². The largest absolute Gasteiger partial charge is 0.484 e. The molecule has 0 bridgehead atoms. The van der Waals surface area contributed by atoms with Gasteiger partial charge in [-0.25, -0.2) is 0 Å². The maximum Gasteiger partial charge on any atom is 0.259 e. The Morgan fingerprint density at radius 2 is 1.61 bits per heavy atom. The zero-order valence-corrected chi connectivity index (χ0v) is 19.4. The number of rotatable bonds is 9. The van der Waals surface area contributed by atoms with Gasteiger partial charge in [-0.1, -0.05) is 58.0 Å². The Bertz CT molecular complexity index is 870. The summed E-state index contributed by atoms with van der Waals surface area (Å²) in [6.07, 6.45) is 0.675. The van der Waals surface area contributed by atoms with Gasteiger partial charge in [-0.05, 0) is 35.6 Å². The first-order chi connectivity index (χ1) is 14.6. The van der Waals surface area contributed by atoms with Crippen LogP contribution in [0.4, 0.5) is 0 Å². The highest BCUT2D eigenvalue weighted by Crippen LogP contribution is 2.27.